The predicted molar refractivity (Wildman–Crippen MR) is 97.7 cm³/mol. The first-order valence-electron chi connectivity index (χ1n) is 8.85. The van der Waals surface area contributed by atoms with Crippen LogP contribution in [0, 0.1) is 11.7 Å². The first-order chi connectivity index (χ1) is 13.1. The van der Waals surface area contributed by atoms with Gasteiger partial charge in [0.15, 0.2) is 0 Å². The van der Waals surface area contributed by atoms with Crippen molar-refractivity contribution in [3.8, 4) is 0 Å². The third kappa shape index (κ3) is 7.73. The molecule has 0 bridgehead atoms. The molecule has 3 N–H and O–H groups in total. The highest BCUT2D eigenvalue weighted by Crippen LogP contribution is 2.11. The van der Waals surface area contributed by atoms with Crippen molar-refractivity contribution in [2.24, 2.45) is 5.92 Å². The summed E-state index contributed by atoms with van der Waals surface area (Å²) in [5.41, 5.74) is 0.459. The van der Waals surface area contributed by atoms with Gasteiger partial charge >= 0.3 is 11.9 Å². The smallest absolute Gasteiger partial charge is 0.326 e. The summed E-state index contributed by atoms with van der Waals surface area (Å²) < 4.78 is 18.2. The second-order valence-corrected chi connectivity index (χ2v) is 6.38. The van der Waals surface area contributed by atoms with Crippen LogP contribution in [-0.4, -0.2) is 47.6 Å². The zero-order valence-electron chi connectivity index (χ0n) is 16.0. The molecule has 0 radical (unpaired) electrons. The molecule has 1 aromatic rings. The Kier molecular flexibility index (Phi) is 9.07. The number of hydrogen-bond donors (Lipinski definition) is 3. The van der Waals surface area contributed by atoms with Crippen LogP contribution in [0.4, 0.5) is 4.39 Å². The Morgan fingerprint density at radius 3 is 2.39 bits per heavy atom. The minimum atomic E-state index is -1.35. The lowest BCUT2D eigenvalue weighted by molar-refractivity contribution is -0.149. The molecule has 0 aliphatic carbocycles. The van der Waals surface area contributed by atoms with E-state index in [0.717, 1.165) is 0 Å². The Morgan fingerprint density at radius 2 is 1.86 bits per heavy atom. The summed E-state index contributed by atoms with van der Waals surface area (Å²) in [4.78, 5) is 47.2. The van der Waals surface area contributed by atoms with E-state index < -0.39 is 47.6 Å². The Balaban J connectivity index is 2.88. The van der Waals surface area contributed by atoms with Crippen molar-refractivity contribution in [2.75, 3.05) is 6.61 Å². The quantitative estimate of drug-likeness (QED) is 0.508. The van der Waals surface area contributed by atoms with Gasteiger partial charge in [-0.2, -0.15) is 0 Å². The van der Waals surface area contributed by atoms with Gasteiger partial charge in [0.05, 0.1) is 12.5 Å². The highest BCUT2D eigenvalue weighted by atomic mass is 19.1. The average Bonchev–Trinajstić information content (AvgIpc) is 2.60. The second-order valence-electron chi connectivity index (χ2n) is 6.38. The number of carbonyl (C=O) groups excluding carboxylic acids is 3. The molecule has 28 heavy (non-hydrogen) atoms. The van der Waals surface area contributed by atoms with Crippen LogP contribution in [0.5, 0.6) is 0 Å². The van der Waals surface area contributed by atoms with E-state index in [4.69, 9.17) is 4.74 Å². The minimum absolute atomic E-state index is 0.0249. The number of aliphatic carboxylic acids is 1. The molecule has 9 heteroatoms. The molecule has 3 atom stereocenters. The van der Waals surface area contributed by atoms with Crippen LogP contribution in [0.2, 0.25) is 0 Å². The van der Waals surface area contributed by atoms with E-state index in [1.165, 1.54) is 32.0 Å². The Labute approximate surface area is 162 Å². The fourth-order valence-electron chi connectivity index (χ4n) is 2.58. The molecule has 0 aromatic heterocycles. The van der Waals surface area contributed by atoms with Gasteiger partial charge in [0.1, 0.15) is 17.9 Å². The standard InChI is InChI=1S/C19H25FN2O6/c1-4-28-19(27)11(2)8-16(18(25)26)22-17(24)15(21-12(3)23)10-13-6-5-7-14(20)9-13/h5-7,9,11,15-16H,4,8,10H2,1-3H3,(H,21,23)(H,22,24)(H,25,26)/t11-,15+,16+/m1/s1. The van der Waals surface area contributed by atoms with Crippen LogP contribution in [0.15, 0.2) is 24.3 Å². The topological polar surface area (TPSA) is 122 Å². The van der Waals surface area contributed by atoms with Crippen molar-refractivity contribution in [1.29, 1.82) is 0 Å². The highest BCUT2D eigenvalue weighted by molar-refractivity contribution is 5.90. The lowest BCUT2D eigenvalue weighted by atomic mass is 10.0. The summed E-state index contributed by atoms with van der Waals surface area (Å²) >= 11 is 0. The molecule has 0 aliphatic heterocycles. The number of halogens is 1. The SMILES string of the molecule is CCOC(=O)[C@H](C)C[C@H](NC(=O)[C@H](Cc1cccc(F)c1)NC(C)=O)C(=O)O. The molecule has 0 saturated carbocycles. The van der Waals surface area contributed by atoms with Gasteiger partial charge < -0.3 is 20.5 Å². The van der Waals surface area contributed by atoms with Gasteiger partial charge in [-0.05, 0) is 31.0 Å². The van der Waals surface area contributed by atoms with Gasteiger partial charge in [-0.3, -0.25) is 14.4 Å². The monoisotopic (exact) mass is 396 g/mol. The van der Waals surface area contributed by atoms with Crippen LogP contribution in [0.3, 0.4) is 0 Å². The molecular formula is C19H25FN2O6. The second kappa shape index (κ2) is 11.0. The zero-order chi connectivity index (χ0) is 21.3. The Bertz CT molecular complexity index is 724. The van der Waals surface area contributed by atoms with Crippen molar-refractivity contribution in [1.82, 2.24) is 10.6 Å². The molecule has 0 aliphatic rings. The third-order valence-corrected chi connectivity index (χ3v) is 3.92. The predicted octanol–water partition coefficient (Wildman–Crippen LogP) is 1.03. The molecule has 1 rings (SSSR count). The maximum absolute atomic E-state index is 13.4. The summed E-state index contributed by atoms with van der Waals surface area (Å²) in [5, 5.41) is 14.1. The normalized spacial score (nSPS) is 13.7. The number of hydrogen-bond acceptors (Lipinski definition) is 5. The van der Waals surface area contributed by atoms with E-state index in [9.17, 15) is 28.7 Å². The molecule has 0 heterocycles. The van der Waals surface area contributed by atoms with Gasteiger partial charge in [0.2, 0.25) is 11.8 Å². The fourth-order valence-corrected chi connectivity index (χ4v) is 2.58. The largest absolute Gasteiger partial charge is 0.480 e. The van der Waals surface area contributed by atoms with Gasteiger partial charge in [0.25, 0.3) is 0 Å². The molecule has 1 aromatic carbocycles. The number of amides is 2. The van der Waals surface area contributed by atoms with Gasteiger partial charge in [-0.15, -0.1) is 0 Å². The summed E-state index contributed by atoms with van der Waals surface area (Å²) in [6, 6.07) is 3.07. The summed E-state index contributed by atoms with van der Waals surface area (Å²) in [5.74, 6) is -4.38. The van der Waals surface area contributed by atoms with E-state index in [0.29, 0.717) is 5.56 Å². The van der Waals surface area contributed by atoms with Crippen molar-refractivity contribution in [3.05, 3.63) is 35.6 Å². The Hall–Kier alpha value is -2.97. The van der Waals surface area contributed by atoms with E-state index in [-0.39, 0.29) is 19.4 Å². The zero-order valence-corrected chi connectivity index (χ0v) is 16.0. The molecule has 8 nitrogen and oxygen atoms in total. The van der Waals surface area contributed by atoms with Crippen LogP contribution in [0.25, 0.3) is 0 Å². The molecule has 154 valence electrons. The number of carbonyl (C=O) groups is 4. The maximum atomic E-state index is 13.4. The molecule has 0 spiro atoms. The number of ether oxygens (including phenoxy) is 1. The Morgan fingerprint density at radius 1 is 1.18 bits per heavy atom. The van der Waals surface area contributed by atoms with E-state index in [2.05, 4.69) is 10.6 Å². The van der Waals surface area contributed by atoms with Crippen molar-refractivity contribution in [2.45, 2.75) is 45.7 Å². The number of esters is 1. The van der Waals surface area contributed by atoms with Crippen LogP contribution >= 0.6 is 0 Å². The van der Waals surface area contributed by atoms with E-state index >= 15 is 0 Å². The van der Waals surface area contributed by atoms with Crippen LogP contribution < -0.4 is 10.6 Å². The summed E-state index contributed by atoms with van der Waals surface area (Å²) in [6.07, 6.45) is -0.199. The third-order valence-electron chi connectivity index (χ3n) is 3.92. The molecule has 2 amide bonds. The van der Waals surface area contributed by atoms with Gasteiger partial charge in [-0.25, -0.2) is 9.18 Å². The van der Waals surface area contributed by atoms with Crippen LogP contribution in [0.1, 0.15) is 32.8 Å². The number of benzene rings is 1. The summed E-state index contributed by atoms with van der Waals surface area (Å²) in [6.45, 7) is 4.50. The highest BCUT2D eigenvalue weighted by Gasteiger charge is 2.29. The summed E-state index contributed by atoms with van der Waals surface area (Å²) in [7, 11) is 0. The number of carboxylic acid groups (broad SMARTS) is 1. The van der Waals surface area contributed by atoms with E-state index in [1.807, 2.05) is 0 Å². The average molecular weight is 396 g/mol. The molecular weight excluding hydrogens is 371 g/mol. The lowest BCUT2D eigenvalue weighted by Gasteiger charge is -2.22. The number of nitrogens with one attached hydrogen (secondary N) is 2. The fraction of sp³-hybridized carbons (Fsp3) is 0.474. The van der Waals surface area contributed by atoms with Gasteiger partial charge in [-0.1, -0.05) is 19.1 Å². The maximum Gasteiger partial charge on any atom is 0.326 e. The molecule has 0 unspecified atom stereocenters. The molecule has 0 fully saturated rings. The van der Waals surface area contributed by atoms with Gasteiger partial charge in [0, 0.05) is 13.3 Å². The first kappa shape index (κ1) is 23.1. The van der Waals surface area contributed by atoms with Crippen LogP contribution in [-0.2, 0) is 30.3 Å². The van der Waals surface area contributed by atoms with E-state index in [1.54, 1.807) is 13.0 Å². The van der Waals surface area contributed by atoms with Crippen molar-refractivity contribution >= 4 is 23.8 Å². The minimum Gasteiger partial charge on any atom is -0.480 e. The lowest BCUT2D eigenvalue weighted by Crippen LogP contribution is -2.52. The number of rotatable bonds is 10. The van der Waals surface area contributed by atoms with Crippen molar-refractivity contribution < 1.29 is 33.4 Å². The first-order valence-corrected chi connectivity index (χ1v) is 8.85. The number of carboxylic acids is 1. The van der Waals surface area contributed by atoms with Crippen molar-refractivity contribution in [3.63, 3.8) is 0 Å². The molecule has 0 saturated heterocycles.